The quantitative estimate of drug-likeness (QED) is 0.581. The van der Waals surface area contributed by atoms with E-state index in [1.54, 1.807) is 0 Å². The lowest BCUT2D eigenvalue weighted by Gasteiger charge is -2.26. The molecule has 0 aliphatic carbocycles. The van der Waals surface area contributed by atoms with E-state index in [1.165, 1.54) is 0 Å². The van der Waals surface area contributed by atoms with Gasteiger partial charge in [-0.1, -0.05) is 51.5 Å². The Hall–Kier alpha value is -2.36. The Labute approximate surface area is 181 Å². The normalized spacial score (nSPS) is 16.6. The molecule has 1 saturated heterocycles. The third-order valence-electron chi connectivity index (χ3n) is 5.72. The van der Waals surface area contributed by atoms with E-state index >= 15 is 0 Å². The minimum Gasteiger partial charge on any atom is -0.336 e. The van der Waals surface area contributed by atoms with Crippen LogP contribution in [0.4, 0.5) is 0 Å². The van der Waals surface area contributed by atoms with Gasteiger partial charge in [-0.2, -0.15) is 5.10 Å². The molecule has 1 aromatic heterocycles. The zero-order chi connectivity index (χ0) is 21.9. The number of likely N-dealkylation sites (N-methyl/N-ethyl adjacent to an activating group) is 1. The molecule has 1 aliphatic rings. The predicted molar refractivity (Wildman–Crippen MR) is 126 cm³/mol. The van der Waals surface area contributed by atoms with Crippen molar-refractivity contribution in [3.8, 4) is 22.7 Å². The zero-order valence-electron chi connectivity index (χ0n) is 19.2. The number of aromatic amines is 1. The SMILES string of the molecule is CCN(CC)C1CCN(C(=O)c2[nH]nc(-c3cccc(C#C[Si](C)(C)C)c3)c2C)C1. The van der Waals surface area contributed by atoms with Gasteiger partial charge in [-0.15, -0.1) is 5.54 Å². The summed E-state index contributed by atoms with van der Waals surface area (Å²) < 4.78 is 0. The molecule has 1 unspecified atom stereocenters. The second kappa shape index (κ2) is 9.19. The van der Waals surface area contributed by atoms with Gasteiger partial charge < -0.3 is 4.90 Å². The Morgan fingerprint density at radius 3 is 2.70 bits per heavy atom. The molecule has 1 atom stereocenters. The van der Waals surface area contributed by atoms with E-state index in [1.807, 2.05) is 30.0 Å². The molecule has 0 saturated carbocycles. The lowest BCUT2D eigenvalue weighted by Crippen LogP contribution is -2.38. The maximum absolute atomic E-state index is 13.2. The first-order chi connectivity index (χ1) is 14.2. The fourth-order valence-corrected chi connectivity index (χ4v) is 4.53. The van der Waals surface area contributed by atoms with Gasteiger partial charge in [-0.3, -0.25) is 14.8 Å². The largest absolute Gasteiger partial charge is 0.336 e. The second-order valence-electron chi connectivity index (χ2n) is 9.07. The molecule has 1 N–H and O–H groups in total. The number of hydrogen-bond donors (Lipinski definition) is 1. The summed E-state index contributed by atoms with van der Waals surface area (Å²) in [6.07, 6.45) is 1.03. The smallest absolute Gasteiger partial charge is 0.272 e. The molecule has 1 aromatic carbocycles. The minimum absolute atomic E-state index is 0.0515. The summed E-state index contributed by atoms with van der Waals surface area (Å²) in [5.41, 5.74) is 7.73. The van der Waals surface area contributed by atoms with Crippen molar-refractivity contribution in [1.29, 1.82) is 0 Å². The molecule has 0 radical (unpaired) electrons. The third-order valence-corrected chi connectivity index (χ3v) is 6.60. The molecule has 0 bridgehead atoms. The van der Waals surface area contributed by atoms with Crippen molar-refractivity contribution >= 4 is 14.0 Å². The van der Waals surface area contributed by atoms with Crippen molar-refractivity contribution in [2.45, 2.75) is 52.9 Å². The fraction of sp³-hybridized carbons (Fsp3) is 0.500. The Balaban J connectivity index is 1.80. The van der Waals surface area contributed by atoms with Crippen LogP contribution in [-0.4, -0.2) is 66.2 Å². The average molecular weight is 423 g/mol. The van der Waals surface area contributed by atoms with Crippen LogP contribution in [0.5, 0.6) is 0 Å². The number of amides is 1. The van der Waals surface area contributed by atoms with E-state index in [4.69, 9.17) is 0 Å². The number of likely N-dealkylation sites (tertiary alicyclic amines) is 1. The highest BCUT2D eigenvalue weighted by atomic mass is 28.3. The van der Waals surface area contributed by atoms with Gasteiger partial charge in [0.15, 0.2) is 0 Å². The number of nitrogens with zero attached hydrogens (tertiary/aromatic N) is 3. The molecule has 6 heteroatoms. The van der Waals surface area contributed by atoms with Gasteiger partial charge in [-0.05, 0) is 38.6 Å². The van der Waals surface area contributed by atoms with Crippen molar-refractivity contribution in [3.63, 3.8) is 0 Å². The number of hydrogen-bond acceptors (Lipinski definition) is 3. The molecule has 2 aromatic rings. The molecule has 160 valence electrons. The lowest BCUT2D eigenvalue weighted by molar-refractivity contribution is 0.0771. The number of rotatable bonds is 5. The van der Waals surface area contributed by atoms with E-state index in [2.05, 4.69) is 66.1 Å². The van der Waals surface area contributed by atoms with E-state index in [0.29, 0.717) is 11.7 Å². The first-order valence-corrected chi connectivity index (χ1v) is 14.5. The number of nitrogens with one attached hydrogen (secondary N) is 1. The number of carbonyl (C=O) groups excluding carboxylic acids is 1. The van der Waals surface area contributed by atoms with Crippen LogP contribution < -0.4 is 0 Å². The highest BCUT2D eigenvalue weighted by Gasteiger charge is 2.31. The Kier molecular flexibility index (Phi) is 6.84. The van der Waals surface area contributed by atoms with Gasteiger partial charge >= 0.3 is 0 Å². The summed E-state index contributed by atoms with van der Waals surface area (Å²) in [6, 6.07) is 8.59. The van der Waals surface area contributed by atoms with Gasteiger partial charge in [-0.25, -0.2) is 0 Å². The van der Waals surface area contributed by atoms with Crippen LogP contribution in [0, 0.1) is 18.4 Å². The highest BCUT2D eigenvalue weighted by molar-refractivity contribution is 6.83. The van der Waals surface area contributed by atoms with Crippen molar-refractivity contribution in [1.82, 2.24) is 20.0 Å². The van der Waals surface area contributed by atoms with Crippen LogP contribution in [0.15, 0.2) is 24.3 Å². The molecule has 2 heterocycles. The second-order valence-corrected chi connectivity index (χ2v) is 13.8. The van der Waals surface area contributed by atoms with Gasteiger partial charge in [0.1, 0.15) is 13.8 Å². The maximum Gasteiger partial charge on any atom is 0.272 e. The summed E-state index contributed by atoms with van der Waals surface area (Å²) in [5, 5.41) is 7.51. The number of benzene rings is 1. The van der Waals surface area contributed by atoms with E-state index in [0.717, 1.165) is 55.0 Å². The van der Waals surface area contributed by atoms with Crippen LogP contribution in [0.3, 0.4) is 0 Å². The zero-order valence-corrected chi connectivity index (χ0v) is 20.2. The predicted octanol–water partition coefficient (Wildman–Crippen LogP) is 4.17. The monoisotopic (exact) mass is 422 g/mol. The number of aromatic nitrogens is 2. The van der Waals surface area contributed by atoms with Crippen molar-refractivity contribution in [3.05, 3.63) is 41.1 Å². The molecular weight excluding hydrogens is 388 g/mol. The number of H-pyrrole nitrogens is 1. The van der Waals surface area contributed by atoms with Gasteiger partial charge in [0.05, 0.1) is 5.69 Å². The Morgan fingerprint density at radius 2 is 2.03 bits per heavy atom. The van der Waals surface area contributed by atoms with Gasteiger partial charge in [0, 0.05) is 35.8 Å². The molecular formula is C24H34N4OSi. The molecule has 0 spiro atoms. The summed E-state index contributed by atoms with van der Waals surface area (Å²) in [6.45, 7) is 16.7. The van der Waals surface area contributed by atoms with Crippen molar-refractivity contribution in [2.24, 2.45) is 0 Å². The molecule has 1 aliphatic heterocycles. The summed E-state index contributed by atoms with van der Waals surface area (Å²) >= 11 is 0. The molecule has 5 nitrogen and oxygen atoms in total. The summed E-state index contributed by atoms with van der Waals surface area (Å²) in [5.74, 6) is 3.36. The van der Waals surface area contributed by atoms with Crippen LogP contribution in [0.25, 0.3) is 11.3 Å². The van der Waals surface area contributed by atoms with Crippen molar-refractivity contribution in [2.75, 3.05) is 26.2 Å². The molecule has 30 heavy (non-hydrogen) atoms. The maximum atomic E-state index is 13.2. The Morgan fingerprint density at radius 1 is 1.30 bits per heavy atom. The highest BCUT2D eigenvalue weighted by Crippen LogP contribution is 2.26. The molecule has 3 rings (SSSR count). The first-order valence-electron chi connectivity index (χ1n) is 11.0. The topological polar surface area (TPSA) is 52.2 Å². The molecule has 1 fully saturated rings. The van der Waals surface area contributed by atoms with E-state index < -0.39 is 8.07 Å². The third kappa shape index (κ3) is 5.03. The van der Waals surface area contributed by atoms with Gasteiger partial charge in [0.2, 0.25) is 0 Å². The average Bonchev–Trinajstić information content (AvgIpc) is 3.34. The van der Waals surface area contributed by atoms with Crippen LogP contribution in [0.2, 0.25) is 19.6 Å². The first kappa shape index (κ1) is 22.3. The standard InChI is InChI=1S/C24H34N4OSi/c1-7-27(8-2)21-12-14-28(17-21)24(29)23-18(3)22(25-26-23)20-11-9-10-19(16-20)13-15-30(4,5)6/h9-11,16,21H,7-8,12,14,17H2,1-6H3,(H,25,26). The molecule has 1 amide bonds. The van der Waals surface area contributed by atoms with Gasteiger partial charge in [0.25, 0.3) is 5.91 Å². The van der Waals surface area contributed by atoms with Crippen LogP contribution >= 0.6 is 0 Å². The van der Waals surface area contributed by atoms with E-state index in [-0.39, 0.29) is 5.91 Å². The summed E-state index contributed by atoms with van der Waals surface area (Å²) in [4.78, 5) is 17.6. The minimum atomic E-state index is -1.43. The Bertz CT molecular complexity index is 960. The fourth-order valence-electron chi connectivity index (χ4n) is 4.01. The van der Waals surface area contributed by atoms with Crippen LogP contribution in [-0.2, 0) is 0 Å². The summed E-state index contributed by atoms with van der Waals surface area (Å²) in [7, 11) is -1.43. The van der Waals surface area contributed by atoms with Crippen molar-refractivity contribution < 1.29 is 4.79 Å². The van der Waals surface area contributed by atoms with Crippen LogP contribution in [0.1, 0.15) is 41.9 Å². The van der Waals surface area contributed by atoms with E-state index in [9.17, 15) is 4.79 Å². The lowest BCUT2D eigenvalue weighted by atomic mass is 10.0. The number of carbonyl (C=O) groups is 1.